The average Bonchev–Trinajstić information content (AvgIpc) is 2.72. The van der Waals surface area contributed by atoms with Crippen LogP contribution in [0.5, 0.6) is 0 Å². The number of hydrogen-bond donors (Lipinski definition) is 1. The average molecular weight is 463 g/mol. The summed E-state index contributed by atoms with van der Waals surface area (Å²) in [5.41, 5.74) is 1.09. The van der Waals surface area contributed by atoms with Crippen molar-refractivity contribution in [2.24, 2.45) is 0 Å². The van der Waals surface area contributed by atoms with Gasteiger partial charge in [0, 0.05) is 32.2 Å². The largest absolute Gasteiger partial charge is 0.471 e. The Labute approximate surface area is 178 Å². The standard InChI is InChI=1S/C19H24F3N3O5S/c1-2-30-18(27)24-9-6-15(7-10-24)23-31(28,29)16-4-3-13-5-8-25(12-14(13)11-16)17(26)19(20,21)22/h3-4,11,15,23H,2,5-10,12H2,1H3. The van der Waals surface area contributed by atoms with Crippen molar-refractivity contribution in [2.45, 2.75) is 49.8 Å². The first-order valence-electron chi connectivity index (χ1n) is 9.93. The first kappa shape index (κ1) is 23.3. The Balaban J connectivity index is 1.67. The molecule has 2 aliphatic rings. The molecule has 2 heterocycles. The summed E-state index contributed by atoms with van der Waals surface area (Å²) < 4.78 is 71.3. The highest BCUT2D eigenvalue weighted by atomic mass is 32.2. The minimum absolute atomic E-state index is 0.0691. The lowest BCUT2D eigenvalue weighted by atomic mass is 10.00. The van der Waals surface area contributed by atoms with Crippen LogP contribution in [0.15, 0.2) is 23.1 Å². The van der Waals surface area contributed by atoms with Gasteiger partial charge in [-0.1, -0.05) is 6.07 Å². The molecule has 31 heavy (non-hydrogen) atoms. The number of hydrogen-bond acceptors (Lipinski definition) is 5. The van der Waals surface area contributed by atoms with Gasteiger partial charge in [-0.25, -0.2) is 17.9 Å². The van der Waals surface area contributed by atoms with E-state index in [4.69, 9.17) is 4.74 Å². The molecule has 1 fully saturated rings. The van der Waals surface area contributed by atoms with Crippen LogP contribution in [0.3, 0.4) is 0 Å². The second-order valence-electron chi connectivity index (χ2n) is 7.49. The maximum Gasteiger partial charge on any atom is 0.471 e. The van der Waals surface area contributed by atoms with E-state index in [9.17, 15) is 31.2 Å². The number of nitrogens with zero attached hydrogens (tertiary/aromatic N) is 2. The van der Waals surface area contributed by atoms with Crippen LogP contribution in [-0.4, -0.2) is 68.7 Å². The molecule has 0 atom stereocenters. The number of nitrogens with one attached hydrogen (secondary N) is 1. The number of fused-ring (bicyclic) bond motifs is 1. The van der Waals surface area contributed by atoms with Gasteiger partial charge in [0.15, 0.2) is 0 Å². The van der Waals surface area contributed by atoms with Crippen LogP contribution in [-0.2, 0) is 32.5 Å². The van der Waals surface area contributed by atoms with E-state index in [0.717, 1.165) is 0 Å². The number of alkyl halides is 3. The lowest BCUT2D eigenvalue weighted by Crippen LogP contribution is -2.46. The number of sulfonamides is 1. The van der Waals surface area contributed by atoms with Gasteiger partial charge in [-0.2, -0.15) is 13.2 Å². The molecule has 172 valence electrons. The van der Waals surface area contributed by atoms with Gasteiger partial charge >= 0.3 is 18.2 Å². The zero-order chi connectivity index (χ0) is 22.8. The number of carbonyl (C=O) groups is 2. The smallest absolute Gasteiger partial charge is 0.450 e. The molecule has 0 saturated carbocycles. The van der Waals surface area contributed by atoms with Crippen molar-refractivity contribution in [1.29, 1.82) is 0 Å². The summed E-state index contributed by atoms with van der Waals surface area (Å²) >= 11 is 0. The minimum atomic E-state index is -4.97. The van der Waals surface area contributed by atoms with Crippen LogP contribution in [0.1, 0.15) is 30.9 Å². The summed E-state index contributed by atoms with van der Waals surface area (Å²) in [5.74, 6) is -1.93. The van der Waals surface area contributed by atoms with Gasteiger partial charge in [0.1, 0.15) is 0 Å². The number of benzene rings is 1. The monoisotopic (exact) mass is 463 g/mol. The van der Waals surface area contributed by atoms with Crippen molar-refractivity contribution in [2.75, 3.05) is 26.2 Å². The van der Waals surface area contributed by atoms with Crippen LogP contribution in [0.4, 0.5) is 18.0 Å². The van der Waals surface area contributed by atoms with Crippen LogP contribution in [0.25, 0.3) is 0 Å². The number of rotatable bonds is 4. The van der Waals surface area contributed by atoms with Crippen LogP contribution in [0.2, 0.25) is 0 Å². The first-order valence-corrected chi connectivity index (χ1v) is 11.4. The van der Waals surface area contributed by atoms with E-state index >= 15 is 0 Å². The van der Waals surface area contributed by atoms with E-state index in [-0.39, 0.29) is 37.1 Å². The highest BCUT2D eigenvalue weighted by Crippen LogP contribution is 2.27. The molecule has 0 radical (unpaired) electrons. The maximum absolute atomic E-state index is 12.8. The minimum Gasteiger partial charge on any atom is -0.450 e. The molecule has 2 amide bonds. The molecular formula is C19H24F3N3O5S. The summed E-state index contributed by atoms with van der Waals surface area (Å²) in [4.78, 5) is 25.4. The molecule has 1 saturated heterocycles. The Kier molecular flexibility index (Phi) is 6.79. The first-order chi connectivity index (χ1) is 14.5. The topological polar surface area (TPSA) is 96.0 Å². The predicted molar refractivity (Wildman–Crippen MR) is 104 cm³/mol. The summed E-state index contributed by atoms with van der Waals surface area (Å²) in [6.45, 7) is 2.30. The highest BCUT2D eigenvalue weighted by molar-refractivity contribution is 7.89. The molecule has 1 aromatic carbocycles. The Morgan fingerprint density at radius 3 is 2.42 bits per heavy atom. The Hall–Kier alpha value is -2.34. The number of halogens is 3. The van der Waals surface area contributed by atoms with Crippen LogP contribution in [0, 0.1) is 0 Å². The van der Waals surface area contributed by atoms with Crippen LogP contribution < -0.4 is 4.72 Å². The van der Waals surface area contributed by atoms with Crippen molar-refractivity contribution in [3.63, 3.8) is 0 Å². The zero-order valence-electron chi connectivity index (χ0n) is 16.9. The third kappa shape index (κ3) is 5.48. The molecule has 2 aliphatic heterocycles. The van der Waals surface area contributed by atoms with Gasteiger partial charge in [-0.3, -0.25) is 4.79 Å². The molecule has 0 aromatic heterocycles. The number of amides is 2. The summed E-state index contributed by atoms with van der Waals surface area (Å²) in [5, 5.41) is 0. The molecule has 3 rings (SSSR count). The molecule has 0 spiro atoms. The normalized spacial score (nSPS) is 17.9. The lowest BCUT2D eigenvalue weighted by Gasteiger charge is -2.32. The molecule has 12 heteroatoms. The fraction of sp³-hybridized carbons (Fsp3) is 0.579. The Morgan fingerprint density at radius 2 is 1.81 bits per heavy atom. The van der Waals surface area contributed by atoms with Gasteiger partial charge in [-0.05, 0) is 49.4 Å². The van der Waals surface area contributed by atoms with Crippen molar-refractivity contribution < 1.29 is 35.9 Å². The second kappa shape index (κ2) is 9.03. The van der Waals surface area contributed by atoms with E-state index in [0.29, 0.717) is 42.0 Å². The Bertz CT molecular complexity index is 944. The molecule has 0 unspecified atom stereocenters. The maximum atomic E-state index is 12.8. The summed E-state index contributed by atoms with van der Waals surface area (Å²) in [6, 6.07) is 3.93. The van der Waals surface area contributed by atoms with Crippen molar-refractivity contribution in [3.8, 4) is 0 Å². The zero-order valence-corrected chi connectivity index (χ0v) is 17.8. The highest BCUT2D eigenvalue weighted by Gasteiger charge is 2.43. The number of likely N-dealkylation sites (tertiary alicyclic amines) is 1. The van der Waals surface area contributed by atoms with Gasteiger partial charge in [0.25, 0.3) is 0 Å². The van der Waals surface area contributed by atoms with E-state index in [1.54, 1.807) is 13.0 Å². The van der Waals surface area contributed by atoms with Crippen LogP contribution >= 0.6 is 0 Å². The van der Waals surface area contributed by atoms with Gasteiger partial charge in [-0.15, -0.1) is 0 Å². The lowest BCUT2D eigenvalue weighted by molar-refractivity contribution is -0.186. The number of piperidine rings is 1. The number of carbonyl (C=O) groups excluding carboxylic acids is 2. The molecule has 0 bridgehead atoms. The van der Waals surface area contributed by atoms with E-state index in [1.165, 1.54) is 17.0 Å². The van der Waals surface area contributed by atoms with Crippen molar-refractivity contribution >= 4 is 22.0 Å². The molecule has 1 N–H and O–H groups in total. The molecule has 1 aromatic rings. The molecular weight excluding hydrogens is 439 g/mol. The Morgan fingerprint density at radius 1 is 1.13 bits per heavy atom. The second-order valence-corrected chi connectivity index (χ2v) is 9.20. The van der Waals surface area contributed by atoms with Gasteiger partial charge in [0.05, 0.1) is 11.5 Å². The third-order valence-electron chi connectivity index (χ3n) is 5.37. The third-order valence-corrected chi connectivity index (χ3v) is 6.89. The van der Waals surface area contributed by atoms with Crippen molar-refractivity contribution in [1.82, 2.24) is 14.5 Å². The molecule has 0 aliphatic carbocycles. The fourth-order valence-corrected chi connectivity index (χ4v) is 5.09. The SMILES string of the molecule is CCOC(=O)N1CCC(NS(=O)(=O)c2ccc3c(c2)CN(C(=O)C(F)(F)F)CC3)CC1. The molecule has 8 nitrogen and oxygen atoms in total. The predicted octanol–water partition coefficient (Wildman–Crippen LogP) is 2.03. The quantitative estimate of drug-likeness (QED) is 0.737. The van der Waals surface area contributed by atoms with E-state index < -0.39 is 28.2 Å². The van der Waals surface area contributed by atoms with Gasteiger partial charge < -0.3 is 14.5 Å². The summed E-state index contributed by atoms with van der Waals surface area (Å²) in [7, 11) is -3.92. The number of ether oxygens (including phenoxy) is 1. The van der Waals surface area contributed by atoms with Gasteiger partial charge in [0.2, 0.25) is 10.0 Å². The van der Waals surface area contributed by atoms with E-state index in [1.807, 2.05) is 0 Å². The summed E-state index contributed by atoms with van der Waals surface area (Å²) in [6.07, 6.45) is -4.36. The fourth-order valence-electron chi connectivity index (χ4n) is 3.74. The van der Waals surface area contributed by atoms with E-state index in [2.05, 4.69) is 4.72 Å². The van der Waals surface area contributed by atoms with Crippen molar-refractivity contribution in [3.05, 3.63) is 29.3 Å².